The molecule has 2 amide bonds. The van der Waals surface area contributed by atoms with Crippen molar-refractivity contribution in [2.24, 2.45) is 0 Å². The summed E-state index contributed by atoms with van der Waals surface area (Å²) in [6, 6.07) is 18.3. The molecule has 7 nitrogen and oxygen atoms in total. The number of esters is 2. The molecule has 1 aliphatic heterocycles. The first kappa shape index (κ1) is 22.1. The molecule has 2 N–H and O–H groups in total. The summed E-state index contributed by atoms with van der Waals surface area (Å²) in [6.45, 7) is 5.15. The fourth-order valence-electron chi connectivity index (χ4n) is 3.85. The number of amides is 2. The molecule has 1 atom stereocenters. The third-order valence-corrected chi connectivity index (χ3v) is 5.26. The van der Waals surface area contributed by atoms with Gasteiger partial charge in [0.2, 0.25) is 0 Å². The maximum Gasteiger partial charge on any atom is 0.343 e. The van der Waals surface area contributed by atoms with Crippen LogP contribution in [0.5, 0.6) is 5.75 Å². The van der Waals surface area contributed by atoms with Crippen LogP contribution in [0.1, 0.15) is 42.7 Å². The molecule has 0 aromatic heterocycles. The molecule has 0 fully saturated rings. The molecule has 168 valence electrons. The van der Waals surface area contributed by atoms with E-state index in [0.717, 1.165) is 10.8 Å². The van der Waals surface area contributed by atoms with Gasteiger partial charge in [0.05, 0.1) is 23.3 Å². The van der Waals surface area contributed by atoms with Crippen LogP contribution in [0.25, 0.3) is 10.8 Å². The Balaban J connectivity index is 1.87. The first-order valence-corrected chi connectivity index (χ1v) is 10.6. The predicted octanol–water partition coefficient (Wildman–Crippen LogP) is 4.64. The number of nitrogens with one attached hydrogen (secondary N) is 2. The highest BCUT2D eigenvalue weighted by Crippen LogP contribution is 2.39. The minimum Gasteiger partial charge on any atom is -0.459 e. The molecule has 7 heteroatoms. The zero-order valence-corrected chi connectivity index (χ0v) is 18.5. The third-order valence-electron chi connectivity index (χ3n) is 5.26. The van der Waals surface area contributed by atoms with E-state index in [2.05, 4.69) is 10.6 Å². The Hall–Kier alpha value is -4.13. The van der Waals surface area contributed by atoms with Gasteiger partial charge >= 0.3 is 18.0 Å². The highest BCUT2D eigenvalue weighted by molar-refractivity contribution is 5.99. The van der Waals surface area contributed by atoms with Gasteiger partial charge in [-0.1, -0.05) is 48.5 Å². The fourth-order valence-corrected chi connectivity index (χ4v) is 3.85. The Morgan fingerprint density at radius 1 is 0.909 bits per heavy atom. The molecule has 0 bridgehead atoms. The zero-order chi connectivity index (χ0) is 23.5. The number of ether oxygens (including phenoxy) is 2. The van der Waals surface area contributed by atoms with Crippen LogP contribution in [-0.2, 0) is 9.53 Å². The molecular formula is C26H24N2O5. The minimum atomic E-state index is -0.880. The van der Waals surface area contributed by atoms with Crippen LogP contribution in [0.15, 0.2) is 78.0 Å². The molecule has 1 unspecified atom stereocenters. The number of urea groups is 1. The Labute approximate surface area is 191 Å². The van der Waals surface area contributed by atoms with Gasteiger partial charge < -0.3 is 20.1 Å². The van der Waals surface area contributed by atoms with Crippen molar-refractivity contribution < 1.29 is 23.9 Å². The lowest BCUT2D eigenvalue weighted by molar-refractivity contribution is -0.143. The van der Waals surface area contributed by atoms with E-state index in [1.54, 1.807) is 51.1 Å². The van der Waals surface area contributed by atoms with E-state index < -0.39 is 24.0 Å². The minimum absolute atomic E-state index is 0.247. The number of allylic oxidation sites excluding steroid dienone is 1. The first-order chi connectivity index (χ1) is 15.8. The van der Waals surface area contributed by atoms with Crippen molar-refractivity contribution in [2.75, 3.05) is 0 Å². The van der Waals surface area contributed by atoms with Crippen molar-refractivity contribution in [1.29, 1.82) is 0 Å². The number of carbonyl (C=O) groups excluding carboxylic acids is 3. The van der Waals surface area contributed by atoms with Gasteiger partial charge in [0.1, 0.15) is 5.75 Å². The van der Waals surface area contributed by atoms with E-state index in [1.165, 1.54) is 0 Å². The molecule has 0 aliphatic carbocycles. The molecule has 0 spiro atoms. The zero-order valence-electron chi connectivity index (χ0n) is 18.5. The lowest BCUT2D eigenvalue weighted by Crippen LogP contribution is -2.45. The van der Waals surface area contributed by atoms with E-state index in [4.69, 9.17) is 9.47 Å². The maximum absolute atomic E-state index is 13.0. The summed E-state index contributed by atoms with van der Waals surface area (Å²) in [4.78, 5) is 38.3. The highest BCUT2D eigenvalue weighted by Gasteiger charge is 2.35. The average molecular weight is 444 g/mol. The van der Waals surface area contributed by atoms with Crippen molar-refractivity contribution in [3.8, 4) is 5.75 Å². The maximum atomic E-state index is 13.0. The number of rotatable bonds is 5. The van der Waals surface area contributed by atoms with E-state index in [1.807, 2.05) is 36.4 Å². The van der Waals surface area contributed by atoms with E-state index >= 15 is 0 Å². The van der Waals surface area contributed by atoms with Crippen LogP contribution < -0.4 is 15.4 Å². The van der Waals surface area contributed by atoms with Gasteiger partial charge in [-0.2, -0.15) is 0 Å². The number of benzene rings is 3. The second-order valence-corrected chi connectivity index (χ2v) is 7.98. The van der Waals surface area contributed by atoms with E-state index in [9.17, 15) is 14.4 Å². The number of carbonyl (C=O) groups is 3. The SMILES string of the molecule is CC1=C(C(=O)OC(C)C)C(c2c(OC(=O)c3ccccc3)ccc3ccccc23)NC(=O)N1. The van der Waals surface area contributed by atoms with Gasteiger partial charge in [-0.15, -0.1) is 0 Å². The summed E-state index contributed by atoms with van der Waals surface area (Å²) in [5.41, 5.74) is 1.51. The largest absolute Gasteiger partial charge is 0.459 e. The van der Waals surface area contributed by atoms with Crippen LogP contribution in [0, 0.1) is 0 Å². The fraction of sp³-hybridized carbons (Fsp3) is 0.192. The quantitative estimate of drug-likeness (QED) is 0.442. The lowest BCUT2D eigenvalue weighted by atomic mass is 9.90. The van der Waals surface area contributed by atoms with Crippen LogP contribution in [-0.4, -0.2) is 24.1 Å². The smallest absolute Gasteiger partial charge is 0.343 e. The number of fused-ring (bicyclic) bond motifs is 1. The molecule has 0 radical (unpaired) electrons. The van der Waals surface area contributed by atoms with E-state index in [-0.39, 0.29) is 17.4 Å². The van der Waals surface area contributed by atoms with Crippen LogP contribution in [0.4, 0.5) is 4.79 Å². The monoisotopic (exact) mass is 444 g/mol. The molecule has 1 aliphatic rings. The van der Waals surface area contributed by atoms with Crippen LogP contribution in [0.2, 0.25) is 0 Å². The molecule has 1 heterocycles. The second kappa shape index (κ2) is 9.16. The normalized spacial score (nSPS) is 15.8. The first-order valence-electron chi connectivity index (χ1n) is 10.6. The molecule has 0 saturated carbocycles. The Kier molecular flexibility index (Phi) is 6.13. The average Bonchev–Trinajstić information content (AvgIpc) is 2.78. The van der Waals surface area contributed by atoms with Gasteiger partial charge in [0, 0.05) is 11.3 Å². The summed E-state index contributed by atoms with van der Waals surface area (Å²) in [5.74, 6) is -0.856. The molecule has 3 aromatic carbocycles. The van der Waals surface area contributed by atoms with Crippen LogP contribution in [0.3, 0.4) is 0 Å². The van der Waals surface area contributed by atoms with Gasteiger partial charge in [-0.3, -0.25) is 0 Å². The molecule has 33 heavy (non-hydrogen) atoms. The summed E-state index contributed by atoms with van der Waals surface area (Å²) < 4.78 is 11.2. The number of hydrogen-bond acceptors (Lipinski definition) is 5. The predicted molar refractivity (Wildman–Crippen MR) is 124 cm³/mol. The number of hydrogen-bond donors (Lipinski definition) is 2. The van der Waals surface area contributed by atoms with Crippen molar-refractivity contribution >= 4 is 28.7 Å². The van der Waals surface area contributed by atoms with Gasteiger partial charge in [0.25, 0.3) is 0 Å². The van der Waals surface area contributed by atoms with Crippen molar-refractivity contribution in [3.63, 3.8) is 0 Å². The molecule has 0 saturated heterocycles. The van der Waals surface area contributed by atoms with Crippen molar-refractivity contribution in [1.82, 2.24) is 10.6 Å². The van der Waals surface area contributed by atoms with E-state index in [0.29, 0.717) is 16.8 Å². The molecular weight excluding hydrogens is 420 g/mol. The summed E-state index contributed by atoms with van der Waals surface area (Å²) >= 11 is 0. The van der Waals surface area contributed by atoms with Gasteiger partial charge in [-0.25, -0.2) is 14.4 Å². The Morgan fingerprint density at radius 2 is 1.61 bits per heavy atom. The highest BCUT2D eigenvalue weighted by atomic mass is 16.5. The molecule has 3 aromatic rings. The third kappa shape index (κ3) is 4.57. The van der Waals surface area contributed by atoms with Crippen LogP contribution >= 0.6 is 0 Å². The van der Waals surface area contributed by atoms with Gasteiger partial charge in [0.15, 0.2) is 0 Å². The van der Waals surface area contributed by atoms with Gasteiger partial charge in [-0.05, 0) is 49.7 Å². The summed E-state index contributed by atoms with van der Waals surface area (Å²) in [6.07, 6.45) is -0.348. The topological polar surface area (TPSA) is 93.7 Å². The lowest BCUT2D eigenvalue weighted by Gasteiger charge is -2.30. The summed E-state index contributed by atoms with van der Waals surface area (Å²) in [5, 5.41) is 7.06. The van der Waals surface area contributed by atoms with Crippen molar-refractivity contribution in [3.05, 3.63) is 89.1 Å². The standard InChI is InChI=1S/C26H24N2O5/c1-15(2)32-25(30)21-16(3)27-26(31)28-23(21)22-19-12-8-7-9-17(19)13-14-20(22)33-24(29)18-10-5-4-6-11-18/h4-15,23H,1-3H3,(H2,27,28,31). The Bertz CT molecular complexity index is 1260. The van der Waals surface area contributed by atoms with Crippen molar-refractivity contribution in [2.45, 2.75) is 32.9 Å². The molecule has 4 rings (SSSR count). The summed E-state index contributed by atoms with van der Waals surface area (Å²) in [7, 11) is 0. The second-order valence-electron chi connectivity index (χ2n) is 7.98. The Morgan fingerprint density at radius 3 is 2.33 bits per heavy atom.